The summed E-state index contributed by atoms with van der Waals surface area (Å²) in [6.45, 7) is 3.94. The first kappa shape index (κ1) is 21.0. The summed E-state index contributed by atoms with van der Waals surface area (Å²) < 4.78 is 5.22. The molecular weight excluding hydrogens is 356 g/mol. The van der Waals surface area contributed by atoms with Crippen LogP contribution >= 0.6 is 0 Å². The molecule has 0 bridgehead atoms. The number of carbonyl (C=O) groups is 2. The predicted octanol–water partition coefficient (Wildman–Crippen LogP) is 1.80. The summed E-state index contributed by atoms with van der Waals surface area (Å²) in [5, 5.41) is 16.2. The van der Waals surface area contributed by atoms with E-state index >= 15 is 0 Å². The van der Waals surface area contributed by atoms with Crippen LogP contribution < -0.4 is 10.6 Å². The number of nitrogens with one attached hydrogen (secondary N) is 2. The van der Waals surface area contributed by atoms with Crippen LogP contribution in [0.3, 0.4) is 0 Å². The van der Waals surface area contributed by atoms with Crippen molar-refractivity contribution in [3.8, 4) is 0 Å². The van der Waals surface area contributed by atoms with Crippen molar-refractivity contribution in [2.75, 3.05) is 6.61 Å². The van der Waals surface area contributed by atoms with Crippen molar-refractivity contribution in [2.45, 2.75) is 70.3 Å². The Balaban J connectivity index is 1.60. The highest BCUT2D eigenvalue weighted by molar-refractivity contribution is 5.88. The van der Waals surface area contributed by atoms with E-state index in [-0.39, 0.29) is 23.7 Å². The largest absolute Gasteiger partial charge is 0.465 e. The zero-order valence-corrected chi connectivity index (χ0v) is 16.8. The van der Waals surface area contributed by atoms with Crippen molar-refractivity contribution < 1.29 is 19.4 Å². The highest BCUT2D eigenvalue weighted by atomic mass is 16.5. The third kappa shape index (κ3) is 4.99. The van der Waals surface area contributed by atoms with Crippen LogP contribution in [0.15, 0.2) is 30.3 Å². The van der Waals surface area contributed by atoms with Crippen molar-refractivity contribution in [1.82, 2.24) is 10.6 Å². The van der Waals surface area contributed by atoms with E-state index in [1.165, 1.54) is 0 Å². The molecule has 1 heterocycles. The number of rotatable bonds is 9. The molecule has 0 radical (unpaired) electrons. The number of aryl methyl sites for hydroxylation is 1. The number of aliphatic hydroxyl groups is 1. The average Bonchev–Trinajstić information content (AvgIpc) is 3.24. The molecule has 3 N–H and O–H groups in total. The molecule has 0 amide bonds. The standard InChI is InChI=1S/C22H32N2O4/c1-3-28-22(27)18(12-9-15-7-5-4-6-8-15)23-14(2)21(26)17-11-10-16-13-19(25)24-20(16)17/h4-8,14,16-20,23-25H,3,9-13H2,1-2H3/t14-,16-,17?,18-,19-,20+/m0/s1. The molecule has 0 spiro atoms. The average molecular weight is 389 g/mol. The summed E-state index contributed by atoms with van der Waals surface area (Å²) >= 11 is 0. The molecule has 2 aliphatic rings. The molecular formula is C22H32N2O4. The predicted molar refractivity (Wildman–Crippen MR) is 107 cm³/mol. The summed E-state index contributed by atoms with van der Waals surface area (Å²) in [6, 6.07) is 9.10. The molecule has 1 unspecified atom stereocenters. The van der Waals surface area contributed by atoms with Crippen molar-refractivity contribution in [3.05, 3.63) is 35.9 Å². The molecule has 6 atom stereocenters. The first-order chi connectivity index (χ1) is 13.5. The van der Waals surface area contributed by atoms with Gasteiger partial charge in [0.1, 0.15) is 12.3 Å². The van der Waals surface area contributed by atoms with Crippen LogP contribution in [-0.2, 0) is 20.7 Å². The molecule has 6 nitrogen and oxygen atoms in total. The van der Waals surface area contributed by atoms with E-state index in [0.29, 0.717) is 18.9 Å². The maximum atomic E-state index is 13.0. The number of esters is 1. The third-order valence-electron chi connectivity index (χ3n) is 6.08. The van der Waals surface area contributed by atoms with E-state index in [0.717, 1.165) is 31.2 Å². The fraction of sp³-hybridized carbons (Fsp3) is 0.636. The Morgan fingerprint density at radius 2 is 2.04 bits per heavy atom. The Morgan fingerprint density at radius 3 is 2.75 bits per heavy atom. The minimum atomic E-state index is -0.515. The molecule has 1 saturated heterocycles. The number of ether oxygens (including phenoxy) is 1. The van der Waals surface area contributed by atoms with E-state index in [1.807, 2.05) is 37.3 Å². The van der Waals surface area contributed by atoms with Gasteiger partial charge in [-0.3, -0.25) is 20.2 Å². The van der Waals surface area contributed by atoms with Gasteiger partial charge in [0, 0.05) is 12.0 Å². The summed E-state index contributed by atoms with van der Waals surface area (Å²) in [7, 11) is 0. The smallest absolute Gasteiger partial charge is 0.323 e. The number of carbonyl (C=O) groups excluding carboxylic acids is 2. The molecule has 154 valence electrons. The molecule has 6 heteroatoms. The SMILES string of the molecule is CCOC(=O)[C@H](CCc1ccccc1)N[C@@H](C)C(=O)C1CC[C@H]2C[C@H](O)N[C@@H]12. The van der Waals surface area contributed by atoms with Crippen LogP contribution in [0, 0.1) is 11.8 Å². The van der Waals surface area contributed by atoms with Crippen LogP contribution in [0.1, 0.15) is 45.1 Å². The van der Waals surface area contributed by atoms with Gasteiger partial charge in [-0.15, -0.1) is 0 Å². The fourth-order valence-electron chi connectivity index (χ4n) is 4.67. The Hall–Kier alpha value is -1.76. The molecule has 1 aliphatic heterocycles. The number of Topliss-reactive ketones (excluding diaryl/α,β-unsaturated/α-hetero) is 1. The van der Waals surface area contributed by atoms with Gasteiger partial charge in [0.05, 0.1) is 12.6 Å². The van der Waals surface area contributed by atoms with Crippen molar-refractivity contribution >= 4 is 11.8 Å². The number of benzene rings is 1. The normalized spacial score (nSPS) is 28.5. The number of fused-ring (bicyclic) bond motifs is 1. The van der Waals surface area contributed by atoms with Crippen LogP contribution in [0.25, 0.3) is 0 Å². The topological polar surface area (TPSA) is 87.7 Å². The first-order valence-electron chi connectivity index (χ1n) is 10.4. The van der Waals surface area contributed by atoms with Crippen LogP contribution in [0.4, 0.5) is 0 Å². The molecule has 1 aromatic carbocycles. The summed E-state index contributed by atoms with van der Waals surface area (Å²) in [5.41, 5.74) is 1.15. The second-order valence-electron chi connectivity index (χ2n) is 8.01. The third-order valence-corrected chi connectivity index (χ3v) is 6.08. The Kier molecular flexibility index (Phi) is 7.21. The lowest BCUT2D eigenvalue weighted by Gasteiger charge is -2.26. The van der Waals surface area contributed by atoms with E-state index in [9.17, 15) is 14.7 Å². The Bertz CT molecular complexity index is 666. The zero-order chi connectivity index (χ0) is 20.1. The van der Waals surface area contributed by atoms with Gasteiger partial charge in [-0.05, 0) is 57.4 Å². The maximum Gasteiger partial charge on any atom is 0.323 e. The minimum absolute atomic E-state index is 0.0529. The quantitative estimate of drug-likeness (QED) is 0.559. The number of hydrogen-bond donors (Lipinski definition) is 3. The van der Waals surface area contributed by atoms with Gasteiger partial charge in [-0.25, -0.2) is 0 Å². The Morgan fingerprint density at radius 1 is 1.29 bits per heavy atom. The number of hydrogen-bond acceptors (Lipinski definition) is 6. The number of ketones is 1. The van der Waals surface area contributed by atoms with E-state index in [4.69, 9.17) is 4.74 Å². The lowest BCUT2D eigenvalue weighted by molar-refractivity contribution is -0.146. The fourth-order valence-corrected chi connectivity index (χ4v) is 4.67. The molecule has 0 aromatic heterocycles. The van der Waals surface area contributed by atoms with Gasteiger partial charge in [-0.1, -0.05) is 30.3 Å². The van der Waals surface area contributed by atoms with Crippen molar-refractivity contribution in [3.63, 3.8) is 0 Å². The molecule has 28 heavy (non-hydrogen) atoms. The lowest BCUT2D eigenvalue weighted by atomic mass is 9.91. The highest BCUT2D eigenvalue weighted by Gasteiger charge is 2.46. The van der Waals surface area contributed by atoms with Crippen LogP contribution in [0.2, 0.25) is 0 Å². The molecule has 2 fully saturated rings. The highest BCUT2D eigenvalue weighted by Crippen LogP contribution is 2.39. The summed E-state index contributed by atoms with van der Waals surface area (Å²) in [5.74, 6) is 0.0663. The monoisotopic (exact) mass is 388 g/mol. The van der Waals surface area contributed by atoms with Gasteiger partial charge >= 0.3 is 5.97 Å². The first-order valence-corrected chi connectivity index (χ1v) is 10.4. The summed E-state index contributed by atoms with van der Waals surface area (Å²) in [4.78, 5) is 25.5. The van der Waals surface area contributed by atoms with Crippen molar-refractivity contribution in [1.29, 1.82) is 0 Å². The molecule has 1 aromatic rings. The van der Waals surface area contributed by atoms with Gasteiger partial charge in [-0.2, -0.15) is 0 Å². The van der Waals surface area contributed by atoms with E-state index in [1.54, 1.807) is 6.92 Å². The van der Waals surface area contributed by atoms with Gasteiger partial charge in [0.25, 0.3) is 0 Å². The second kappa shape index (κ2) is 9.63. The van der Waals surface area contributed by atoms with E-state index in [2.05, 4.69) is 10.6 Å². The van der Waals surface area contributed by atoms with Gasteiger partial charge < -0.3 is 9.84 Å². The summed E-state index contributed by atoms with van der Waals surface area (Å²) in [6.07, 6.45) is 3.33. The van der Waals surface area contributed by atoms with Crippen LogP contribution in [-0.4, -0.2) is 47.8 Å². The molecule has 3 rings (SSSR count). The van der Waals surface area contributed by atoms with Crippen LogP contribution in [0.5, 0.6) is 0 Å². The molecule has 1 aliphatic carbocycles. The minimum Gasteiger partial charge on any atom is -0.465 e. The second-order valence-corrected chi connectivity index (χ2v) is 8.01. The number of aliphatic hydroxyl groups excluding tert-OH is 1. The van der Waals surface area contributed by atoms with E-state index < -0.39 is 18.3 Å². The lowest BCUT2D eigenvalue weighted by Crippen LogP contribution is -2.50. The Labute approximate surface area is 167 Å². The van der Waals surface area contributed by atoms with Gasteiger partial charge in [0.15, 0.2) is 5.78 Å². The zero-order valence-electron chi connectivity index (χ0n) is 16.8. The van der Waals surface area contributed by atoms with Gasteiger partial charge in [0.2, 0.25) is 0 Å². The van der Waals surface area contributed by atoms with Crippen molar-refractivity contribution in [2.24, 2.45) is 11.8 Å². The maximum absolute atomic E-state index is 13.0. The molecule has 1 saturated carbocycles.